The third kappa shape index (κ3) is 1.81. The lowest BCUT2D eigenvalue weighted by atomic mass is 10.3. The molecule has 1 radical (unpaired) electrons. The van der Waals surface area contributed by atoms with Gasteiger partial charge in [-0.25, -0.2) is 14.4 Å². The van der Waals surface area contributed by atoms with Crippen LogP contribution in [0, 0.1) is 0 Å². The minimum atomic E-state index is -0.713. The Balaban J connectivity index is 2.27. The molecular weight excluding hydrogens is 219 g/mol. The number of hydrogen-bond acceptors (Lipinski definition) is 5. The van der Waals surface area contributed by atoms with Crippen molar-refractivity contribution < 1.29 is 9.50 Å². The van der Waals surface area contributed by atoms with Crippen LogP contribution in [0.25, 0.3) is 0 Å². The molecule has 2 aliphatic heterocycles. The summed E-state index contributed by atoms with van der Waals surface area (Å²) in [7, 11) is 0. The number of aliphatic hydroxyl groups is 1. The van der Waals surface area contributed by atoms with E-state index in [0.717, 1.165) is 0 Å². The summed E-state index contributed by atoms with van der Waals surface area (Å²) in [5, 5.41) is 12.7. The molecular formula is C8H10FN4OS. The summed E-state index contributed by atoms with van der Waals surface area (Å²) >= 11 is 5.04. The van der Waals surface area contributed by atoms with E-state index >= 15 is 0 Å². The van der Waals surface area contributed by atoms with E-state index in [2.05, 4.69) is 10.5 Å². The van der Waals surface area contributed by atoms with E-state index in [-0.39, 0.29) is 5.71 Å². The minimum absolute atomic E-state index is 0.289. The van der Waals surface area contributed by atoms with Gasteiger partial charge in [0.25, 0.3) is 0 Å². The fraction of sp³-hybridized carbons (Fsp3) is 0.375. The van der Waals surface area contributed by atoms with Crippen LogP contribution in [-0.2, 0) is 0 Å². The number of nitrogens with one attached hydrogen (secondary N) is 1. The minimum Gasteiger partial charge on any atom is -0.372 e. The number of aliphatic hydroxyl groups excluding tert-OH is 1. The molecule has 0 bridgehead atoms. The Morgan fingerprint density at radius 2 is 2.47 bits per heavy atom. The van der Waals surface area contributed by atoms with Gasteiger partial charge in [0, 0.05) is 0 Å². The van der Waals surface area contributed by atoms with Crippen LogP contribution in [0.15, 0.2) is 28.1 Å². The first-order valence-electron chi connectivity index (χ1n) is 4.38. The average Bonchev–Trinajstić information content (AvgIpc) is 2.61. The van der Waals surface area contributed by atoms with Gasteiger partial charge in [0.05, 0.1) is 11.9 Å². The molecule has 5 nitrogen and oxygen atoms in total. The van der Waals surface area contributed by atoms with Crippen molar-refractivity contribution >= 4 is 18.3 Å². The SMILES string of the molecule is C[C@H](O)N1C=C2N=C(CF)C=C([S])N2N1. The molecule has 2 rings (SSSR count). The third-order valence-electron chi connectivity index (χ3n) is 2.01. The molecule has 0 aromatic heterocycles. The Kier molecular flexibility index (Phi) is 2.59. The lowest BCUT2D eigenvalue weighted by Crippen LogP contribution is -2.43. The van der Waals surface area contributed by atoms with Crippen molar-refractivity contribution in [1.29, 1.82) is 0 Å². The molecule has 0 spiro atoms. The summed E-state index contributed by atoms with van der Waals surface area (Å²) in [6.45, 7) is 0.940. The van der Waals surface area contributed by atoms with Gasteiger partial charge in [-0.2, -0.15) is 0 Å². The number of nitrogens with zero attached hydrogens (tertiary/aromatic N) is 3. The van der Waals surface area contributed by atoms with E-state index in [9.17, 15) is 9.50 Å². The molecule has 7 heteroatoms. The molecule has 0 aromatic rings. The summed E-state index contributed by atoms with van der Waals surface area (Å²) < 4.78 is 12.4. The predicted molar refractivity (Wildman–Crippen MR) is 55.7 cm³/mol. The first kappa shape index (κ1) is 10.3. The molecule has 15 heavy (non-hydrogen) atoms. The molecule has 81 valence electrons. The number of aliphatic imine (C=N–C) groups is 1. The Labute approximate surface area is 91.9 Å². The van der Waals surface area contributed by atoms with Crippen molar-refractivity contribution in [2.45, 2.75) is 13.2 Å². The van der Waals surface area contributed by atoms with Crippen LogP contribution in [0.1, 0.15) is 6.92 Å². The summed E-state index contributed by atoms with van der Waals surface area (Å²) in [6.07, 6.45) is 2.33. The molecule has 2 aliphatic rings. The van der Waals surface area contributed by atoms with Gasteiger partial charge in [-0.1, -0.05) is 12.6 Å². The lowest BCUT2D eigenvalue weighted by Gasteiger charge is -2.25. The van der Waals surface area contributed by atoms with E-state index in [1.165, 1.54) is 16.1 Å². The van der Waals surface area contributed by atoms with E-state index in [1.54, 1.807) is 13.1 Å². The van der Waals surface area contributed by atoms with Crippen LogP contribution < -0.4 is 5.53 Å². The Morgan fingerprint density at radius 1 is 1.73 bits per heavy atom. The highest BCUT2D eigenvalue weighted by Crippen LogP contribution is 2.25. The van der Waals surface area contributed by atoms with E-state index in [1.807, 2.05) is 0 Å². The molecule has 0 saturated heterocycles. The monoisotopic (exact) mass is 229 g/mol. The van der Waals surface area contributed by atoms with Crippen LogP contribution in [0.2, 0.25) is 0 Å². The van der Waals surface area contributed by atoms with Crippen LogP contribution in [0.4, 0.5) is 4.39 Å². The van der Waals surface area contributed by atoms with E-state index < -0.39 is 12.9 Å². The molecule has 0 unspecified atom stereocenters. The number of hydrogen-bond donors (Lipinski definition) is 2. The van der Waals surface area contributed by atoms with Crippen molar-refractivity contribution in [3.8, 4) is 0 Å². The maximum Gasteiger partial charge on any atom is 0.167 e. The number of allylic oxidation sites excluding steroid dienone is 1. The third-order valence-corrected chi connectivity index (χ3v) is 2.31. The molecule has 0 saturated carbocycles. The maximum absolute atomic E-state index is 12.4. The number of fused-ring (bicyclic) bond motifs is 1. The summed E-state index contributed by atoms with van der Waals surface area (Å²) in [5.74, 6) is 0.482. The van der Waals surface area contributed by atoms with E-state index in [0.29, 0.717) is 10.9 Å². The second-order valence-corrected chi connectivity index (χ2v) is 3.60. The van der Waals surface area contributed by atoms with Crippen molar-refractivity contribution in [2.24, 2.45) is 4.99 Å². The predicted octanol–water partition coefficient (Wildman–Crippen LogP) is 0.624. The Hall–Kier alpha value is -1.18. The first-order chi connectivity index (χ1) is 7.11. The Morgan fingerprint density at radius 3 is 3.07 bits per heavy atom. The Bertz CT molecular complexity index is 366. The smallest absolute Gasteiger partial charge is 0.167 e. The van der Waals surface area contributed by atoms with Gasteiger partial charge in [0.15, 0.2) is 5.82 Å². The summed E-state index contributed by atoms with van der Waals surface area (Å²) in [6, 6.07) is 0. The zero-order chi connectivity index (χ0) is 11.0. The zero-order valence-electron chi connectivity index (χ0n) is 8.01. The number of halogens is 1. The van der Waals surface area contributed by atoms with Crippen molar-refractivity contribution in [2.75, 3.05) is 6.67 Å². The van der Waals surface area contributed by atoms with E-state index in [4.69, 9.17) is 12.6 Å². The van der Waals surface area contributed by atoms with Gasteiger partial charge < -0.3 is 5.11 Å². The summed E-state index contributed by atoms with van der Waals surface area (Å²) in [4.78, 5) is 4.02. The van der Waals surface area contributed by atoms with Gasteiger partial charge in [0.1, 0.15) is 17.9 Å². The largest absolute Gasteiger partial charge is 0.372 e. The molecule has 2 heterocycles. The molecule has 0 fully saturated rings. The fourth-order valence-electron chi connectivity index (χ4n) is 1.27. The van der Waals surface area contributed by atoms with Crippen LogP contribution in [0.5, 0.6) is 0 Å². The second-order valence-electron chi connectivity index (χ2n) is 3.18. The first-order valence-corrected chi connectivity index (χ1v) is 4.79. The maximum atomic E-state index is 12.4. The molecule has 1 atom stereocenters. The quantitative estimate of drug-likeness (QED) is 0.729. The normalized spacial score (nSPS) is 21.9. The standard InChI is InChI=1S/C8H10FN4OS/c1-5(14)12-4-7-10-6(3-9)2-8(15)13(7)11-12/h2,4-5,11,14H,3H2,1H3/t5-/m0/s1. The van der Waals surface area contributed by atoms with Gasteiger partial charge >= 0.3 is 0 Å². The molecule has 2 N–H and O–H groups in total. The zero-order valence-corrected chi connectivity index (χ0v) is 8.83. The average molecular weight is 229 g/mol. The lowest BCUT2D eigenvalue weighted by molar-refractivity contribution is -0.00538. The van der Waals surface area contributed by atoms with Crippen LogP contribution in [-0.4, -0.2) is 33.7 Å². The van der Waals surface area contributed by atoms with Crippen LogP contribution in [0.3, 0.4) is 0 Å². The highest BCUT2D eigenvalue weighted by atomic mass is 32.1. The van der Waals surface area contributed by atoms with Crippen molar-refractivity contribution in [3.05, 3.63) is 23.1 Å². The molecule has 0 aromatic carbocycles. The highest BCUT2D eigenvalue weighted by Gasteiger charge is 2.27. The van der Waals surface area contributed by atoms with Gasteiger partial charge in [-0.05, 0) is 13.0 Å². The second kappa shape index (κ2) is 3.76. The van der Waals surface area contributed by atoms with Crippen LogP contribution >= 0.6 is 12.6 Å². The number of hydrazine groups is 2. The molecule has 0 amide bonds. The summed E-state index contributed by atoms with van der Waals surface area (Å²) in [5.41, 5.74) is 3.10. The topological polar surface area (TPSA) is 51.1 Å². The van der Waals surface area contributed by atoms with Crippen molar-refractivity contribution in [3.63, 3.8) is 0 Å². The number of rotatable bonds is 2. The van der Waals surface area contributed by atoms with Gasteiger partial charge in [-0.3, -0.25) is 5.01 Å². The highest BCUT2D eigenvalue weighted by molar-refractivity contribution is 7.84. The van der Waals surface area contributed by atoms with Crippen molar-refractivity contribution in [1.82, 2.24) is 15.6 Å². The van der Waals surface area contributed by atoms with Gasteiger partial charge in [0.2, 0.25) is 0 Å². The molecule has 0 aliphatic carbocycles. The fourth-order valence-corrected chi connectivity index (χ4v) is 1.54. The van der Waals surface area contributed by atoms with Gasteiger partial charge in [-0.15, -0.1) is 5.53 Å². The number of alkyl halides is 1.